The number of carbonyl (C=O) groups is 1. The van der Waals surface area contributed by atoms with Gasteiger partial charge in [-0.25, -0.2) is 4.98 Å². The lowest BCUT2D eigenvalue weighted by molar-refractivity contribution is 0.0787. The molecule has 1 saturated heterocycles. The van der Waals surface area contributed by atoms with E-state index in [4.69, 9.17) is 9.47 Å². The molecule has 0 radical (unpaired) electrons. The number of aromatic nitrogens is 1. The van der Waals surface area contributed by atoms with E-state index in [1.54, 1.807) is 26.5 Å². The van der Waals surface area contributed by atoms with E-state index in [9.17, 15) is 4.79 Å². The molecule has 1 aliphatic rings. The number of pyridine rings is 1. The minimum Gasteiger partial charge on any atom is -0.493 e. The van der Waals surface area contributed by atoms with Gasteiger partial charge in [0.05, 0.1) is 26.1 Å². The second-order valence-electron chi connectivity index (χ2n) is 5.63. The number of methoxy groups -OCH3 is 2. The molecule has 0 saturated carbocycles. The second kappa shape index (κ2) is 7.21. The number of anilines is 2. The lowest BCUT2D eigenvalue weighted by atomic mass is 10.2. The molecule has 0 bridgehead atoms. The van der Waals surface area contributed by atoms with Crippen LogP contribution in [0, 0.1) is 0 Å². The molecule has 2 heterocycles. The topological polar surface area (TPSA) is 63.7 Å². The van der Waals surface area contributed by atoms with Crippen LogP contribution in [-0.4, -0.2) is 43.1 Å². The van der Waals surface area contributed by atoms with Crippen molar-refractivity contribution in [1.82, 2.24) is 9.88 Å². The van der Waals surface area contributed by atoms with Crippen LogP contribution >= 0.6 is 0 Å². The van der Waals surface area contributed by atoms with Crippen molar-refractivity contribution in [3.8, 4) is 11.5 Å². The Morgan fingerprint density at radius 2 is 1.75 bits per heavy atom. The normalized spacial score (nSPS) is 13.7. The molecular weight excluding hydrogens is 306 g/mol. The lowest BCUT2D eigenvalue weighted by Crippen LogP contribution is -2.28. The molecular formula is C18H21N3O3. The minimum atomic E-state index is 0.00478. The second-order valence-corrected chi connectivity index (χ2v) is 5.63. The average Bonchev–Trinajstić information content (AvgIpc) is 3.16. The van der Waals surface area contributed by atoms with Gasteiger partial charge in [0.15, 0.2) is 11.5 Å². The van der Waals surface area contributed by atoms with Crippen LogP contribution < -0.4 is 14.8 Å². The molecule has 0 aliphatic carbocycles. The Hall–Kier alpha value is -2.76. The molecule has 0 unspecified atom stereocenters. The molecule has 2 aromatic rings. The first kappa shape index (κ1) is 16.1. The molecule has 1 fully saturated rings. The van der Waals surface area contributed by atoms with E-state index in [-0.39, 0.29) is 5.91 Å². The Balaban J connectivity index is 1.71. The fraction of sp³-hybridized carbons (Fsp3) is 0.333. The van der Waals surface area contributed by atoms with Crippen LogP contribution in [-0.2, 0) is 0 Å². The number of likely N-dealkylation sites (tertiary alicyclic amines) is 1. The van der Waals surface area contributed by atoms with Gasteiger partial charge in [-0.1, -0.05) is 0 Å². The summed E-state index contributed by atoms with van der Waals surface area (Å²) in [5.74, 6) is 1.33. The highest BCUT2D eigenvalue weighted by atomic mass is 16.5. The predicted octanol–water partition coefficient (Wildman–Crippen LogP) is 3.08. The van der Waals surface area contributed by atoms with Crippen molar-refractivity contribution in [2.24, 2.45) is 0 Å². The standard InChI is InChI=1S/C18H21N3O3/c1-23-16-8-6-13(11-17(16)24-2)20-14-5-7-15(19-12-14)18(22)21-9-3-4-10-21/h5-8,11-12,20H,3-4,9-10H2,1-2H3. The third-order valence-electron chi connectivity index (χ3n) is 4.05. The summed E-state index contributed by atoms with van der Waals surface area (Å²) in [5.41, 5.74) is 2.14. The molecule has 3 rings (SSSR count). The average molecular weight is 327 g/mol. The highest BCUT2D eigenvalue weighted by Crippen LogP contribution is 2.31. The molecule has 1 amide bonds. The van der Waals surface area contributed by atoms with Gasteiger partial charge >= 0.3 is 0 Å². The predicted molar refractivity (Wildman–Crippen MR) is 92.2 cm³/mol. The summed E-state index contributed by atoms with van der Waals surface area (Å²) >= 11 is 0. The Morgan fingerprint density at radius 1 is 1.04 bits per heavy atom. The summed E-state index contributed by atoms with van der Waals surface area (Å²) in [5, 5.41) is 3.24. The Morgan fingerprint density at radius 3 is 2.38 bits per heavy atom. The van der Waals surface area contributed by atoms with Crippen LogP contribution in [0.5, 0.6) is 11.5 Å². The van der Waals surface area contributed by atoms with Gasteiger partial charge in [0, 0.05) is 24.8 Å². The first-order valence-electron chi connectivity index (χ1n) is 7.95. The quantitative estimate of drug-likeness (QED) is 0.914. The fourth-order valence-electron chi connectivity index (χ4n) is 2.76. The smallest absolute Gasteiger partial charge is 0.272 e. The number of rotatable bonds is 5. The molecule has 6 nitrogen and oxygen atoms in total. The number of amides is 1. The zero-order chi connectivity index (χ0) is 16.9. The summed E-state index contributed by atoms with van der Waals surface area (Å²) in [6, 6.07) is 9.18. The summed E-state index contributed by atoms with van der Waals surface area (Å²) in [4.78, 5) is 18.4. The first-order chi connectivity index (χ1) is 11.7. The SMILES string of the molecule is COc1ccc(Nc2ccc(C(=O)N3CCCC3)nc2)cc1OC. The highest BCUT2D eigenvalue weighted by molar-refractivity contribution is 5.92. The van der Waals surface area contributed by atoms with Gasteiger partial charge in [-0.3, -0.25) is 4.79 Å². The zero-order valence-electron chi connectivity index (χ0n) is 13.9. The Labute approximate surface area is 141 Å². The maximum Gasteiger partial charge on any atom is 0.272 e. The third kappa shape index (κ3) is 3.42. The number of benzene rings is 1. The molecule has 126 valence electrons. The van der Waals surface area contributed by atoms with Gasteiger partial charge in [-0.05, 0) is 37.1 Å². The summed E-state index contributed by atoms with van der Waals surface area (Å²) in [7, 11) is 3.20. The van der Waals surface area contributed by atoms with Crippen molar-refractivity contribution < 1.29 is 14.3 Å². The lowest BCUT2D eigenvalue weighted by Gasteiger charge is -2.15. The van der Waals surface area contributed by atoms with Crippen LogP contribution in [0.2, 0.25) is 0 Å². The van der Waals surface area contributed by atoms with E-state index >= 15 is 0 Å². The van der Waals surface area contributed by atoms with Crippen LogP contribution in [0.4, 0.5) is 11.4 Å². The summed E-state index contributed by atoms with van der Waals surface area (Å²) < 4.78 is 10.5. The molecule has 6 heteroatoms. The number of nitrogens with zero attached hydrogens (tertiary/aromatic N) is 2. The Bertz CT molecular complexity index is 710. The van der Waals surface area contributed by atoms with Crippen LogP contribution in [0.1, 0.15) is 23.3 Å². The maximum absolute atomic E-state index is 12.3. The molecule has 0 atom stereocenters. The molecule has 1 aromatic carbocycles. The summed E-state index contributed by atoms with van der Waals surface area (Å²) in [6.07, 6.45) is 3.81. The van der Waals surface area contributed by atoms with Gasteiger partial charge in [0.1, 0.15) is 5.69 Å². The van der Waals surface area contributed by atoms with Crippen LogP contribution in [0.15, 0.2) is 36.5 Å². The maximum atomic E-state index is 12.3. The Kier molecular flexibility index (Phi) is 4.84. The van der Waals surface area contributed by atoms with E-state index in [0.717, 1.165) is 37.3 Å². The van der Waals surface area contributed by atoms with Crippen molar-refractivity contribution in [1.29, 1.82) is 0 Å². The van der Waals surface area contributed by atoms with Gasteiger partial charge in [0.2, 0.25) is 0 Å². The number of hydrogen-bond acceptors (Lipinski definition) is 5. The number of nitrogens with one attached hydrogen (secondary N) is 1. The molecule has 24 heavy (non-hydrogen) atoms. The van der Waals surface area contributed by atoms with Gasteiger partial charge < -0.3 is 19.7 Å². The van der Waals surface area contributed by atoms with Crippen LogP contribution in [0.3, 0.4) is 0 Å². The number of carbonyl (C=O) groups excluding carboxylic acids is 1. The van der Waals surface area contributed by atoms with Crippen molar-refractivity contribution in [2.75, 3.05) is 32.6 Å². The van der Waals surface area contributed by atoms with E-state index < -0.39 is 0 Å². The number of hydrogen-bond donors (Lipinski definition) is 1. The van der Waals surface area contributed by atoms with Crippen LogP contribution in [0.25, 0.3) is 0 Å². The molecule has 1 aliphatic heterocycles. The highest BCUT2D eigenvalue weighted by Gasteiger charge is 2.20. The third-order valence-corrected chi connectivity index (χ3v) is 4.05. The van der Waals surface area contributed by atoms with Gasteiger partial charge in [0.25, 0.3) is 5.91 Å². The van der Waals surface area contributed by atoms with Crippen molar-refractivity contribution >= 4 is 17.3 Å². The van der Waals surface area contributed by atoms with E-state index in [1.807, 2.05) is 29.2 Å². The monoisotopic (exact) mass is 327 g/mol. The first-order valence-corrected chi connectivity index (χ1v) is 7.95. The molecule has 0 spiro atoms. The van der Waals surface area contributed by atoms with E-state index in [1.165, 1.54) is 0 Å². The zero-order valence-corrected chi connectivity index (χ0v) is 13.9. The van der Waals surface area contributed by atoms with Crippen molar-refractivity contribution in [2.45, 2.75) is 12.8 Å². The summed E-state index contributed by atoms with van der Waals surface area (Å²) in [6.45, 7) is 1.65. The molecule has 1 N–H and O–H groups in total. The van der Waals surface area contributed by atoms with Crippen molar-refractivity contribution in [3.63, 3.8) is 0 Å². The van der Waals surface area contributed by atoms with E-state index in [2.05, 4.69) is 10.3 Å². The van der Waals surface area contributed by atoms with Crippen molar-refractivity contribution in [3.05, 3.63) is 42.2 Å². The fourth-order valence-corrected chi connectivity index (χ4v) is 2.76. The molecule has 1 aromatic heterocycles. The van der Waals surface area contributed by atoms with Gasteiger partial charge in [-0.2, -0.15) is 0 Å². The number of ether oxygens (including phenoxy) is 2. The van der Waals surface area contributed by atoms with Gasteiger partial charge in [-0.15, -0.1) is 0 Å². The largest absolute Gasteiger partial charge is 0.493 e. The minimum absolute atomic E-state index is 0.00478. The van der Waals surface area contributed by atoms with E-state index in [0.29, 0.717) is 17.2 Å².